The first-order valence-electron chi connectivity index (χ1n) is 4.69. The first-order valence-corrected chi connectivity index (χ1v) is 4.69. The molecule has 0 aliphatic heterocycles. The monoisotopic (exact) mass is 154 g/mol. The second kappa shape index (κ2) is 4.55. The van der Waals surface area contributed by atoms with Gasteiger partial charge in [-0.1, -0.05) is 31.9 Å². The van der Waals surface area contributed by atoms with Gasteiger partial charge in [0.15, 0.2) is 0 Å². The molecule has 1 aliphatic carbocycles. The standard InChI is InChI=1S/C10H18O/c1-2-3-4-9-5-7-10(11)8-6-9/h5,7,9-11H,2-4,6,8H2,1H3/t9-,10+/m0/s1. The molecule has 0 fully saturated rings. The molecule has 0 aromatic rings. The van der Waals surface area contributed by atoms with Gasteiger partial charge in [0.25, 0.3) is 0 Å². The molecule has 1 nitrogen and oxygen atoms in total. The van der Waals surface area contributed by atoms with Crippen LogP contribution in [0.15, 0.2) is 12.2 Å². The summed E-state index contributed by atoms with van der Waals surface area (Å²) in [4.78, 5) is 0. The molecule has 1 heteroatoms. The SMILES string of the molecule is CCCC[C@H]1C=C[C@@H](O)CC1. The summed E-state index contributed by atoms with van der Waals surface area (Å²) in [5, 5.41) is 9.17. The molecule has 0 amide bonds. The van der Waals surface area contributed by atoms with Crippen LogP contribution in [0.25, 0.3) is 0 Å². The van der Waals surface area contributed by atoms with Crippen LogP contribution in [0.3, 0.4) is 0 Å². The van der Waals surface area contributed by atoms with E-state index in [0.717, 1.165) is 12.3 Å². The van der Waals surface area contributed by atoms with Crippen LogP contribution >= 0.6 is 0 Å². The maximum atomic E-state index is 9.17. The summed E-state index contributed by atoms with van der Waals surface area (Å²) in [6.45, 7) is 2.22. The van der Waals surface area contributed by atoms with E-state index in [9.17, 15) is 0 Å². The molecule has 64 valence electrons. The molecule has 1 aliphatic rings. The van der Waals surface area contributed by atoms with E-state index in [-0.39, 0.29) is 6.10 Å². The van der Waals surface area contributed by atoms with E-state index in [1.165, 1.54) is 25.7 Å². The van der Waals surface area contributed by atoms with E-state index < -0.39 is 0 Å². The van der Waals surface area contributed by atoms with Crippen molar-refractivity contribution in [2.75, 3.05) is 0 Å². The highest BCUT2D eigenvalue weighted by molar-refractivity contribution is 4.98. The molecular formula is C10H18O. The van der Waals surface area contributed by atoms with Crippen LogP contribution in [-0.4, -0.2) is 11.2 Å². The van der Waals surface area contributed by atoms with Crippen molar-refractivity contribution >= 4 is 0 Å². The summed E-state index contributed by atoms with van der Waals surface area (Å²) < 4.78 is 0. The second-order valence-electron chi connectivity index (χ2n) is 3.43. The van der Waals surface area contributed by atoms with Crippen LogP contribution in [-0.2, 0) is 0 Å². The molecule has 1 rings (SSSR count). The predicted molar refractivity (Wildman–Crippen MR) is 47.4 cm³/mol. The van der Waals surface area contributed by atoms with Crippen molar-refractivity contribution < 1.29 is 5.11 Å². The van der Waals surface area contributed by atoms with Gasteiger partial charge in [0.1, 0.15) is 0 Å². The largest absolute Gasteiger partial charge is 0.389 e. The number of rotatable bonds is 3. The van der Waals surface area contributed by atoms with E-state index in [4.69, 9.17) is 5.11 Å². The molecule has 0 bridgehead atoms. The molecular weight excluding hydrogens is 136 g/mol. The van der Waals surface area contributed by atoms with Crippen molar-refractivity contribution in [2.24, 2.45) is 5.92 Å². The molecule has 1 N–H and O–H groups in total. The number of hydrogen-bond acceptors (Lipinski definition) is 1. The topological polar surface area (TPSA) is 20.2 Å². The lowest BCUT2D eigenvalue weighted by molar-refractivity contribution is 0.193. The Morgan fingerprint density at radius 1 is 1.36 bits per heavy atom. The lowest BCUT2D eigenvalue weighted by Crippen LogP contribution is -2.11. The number of aliphatic hydroxyl groups excluding tert-OH is 1. The Balaban J connectivity index is 2.21. The highest BCUT2D eigenvalue weighted by Crippen LogP contribution is 2.22. The molecule has 0 heterocycles. The Kier molecular flexibility index (Phi) is 3.64. The van der Waals surface area contributed by atoms with Gasteiger partial charge in [0, 0.05) is 0 Å². The summed E-state index contributed by atoms with van der Waals surface area (Å²) in [7, 11) is 0. The van der Waals surface area contributed by atoms with Gasteiger partial charge >= 0.3 is 0 Å². The summed E-state index contributed by atoms with van der Waals surface area (Å²) >= 11 is 0. The van der Waals surface area contributed by atoms with Crippen LogP contribution < -0.4 is 0 Å². The number of allylic oxidation sites excluding steroid dienone is 1. The maximum absolute atomic E-state index is 9.17. The van der Waals surface area contributed by atoms with E-state index in [1.807, 2.05) is 6.08 Å². The van der Waals surface area contributed by atoms with Gasteiger partial charge in [0.05, 0.1) is 6.10 Å². The van der Waals surface area contributed by atoms with Gasteiger partial charge in [-0.25, -0.2) is 0 Å². The minimum absolute atomic E-state index is 0.159. The third-order valence-corrected chi connectivity index (χ3v) is 2.37. The molecule has 0 unspecified atom stereocenters. The average molecular weight is 154 g/mol. The summed E-state index contributed by atoms with van der Waals surface area (Å²) in [6.07, 6.45) is 10.0. The average Bonchev–Trinajstić information content (AvgIpc) is 2.04. The second-order valence-corrected chi connectivity index (χ2v) is 3.43. The van der Waals surface area contributed by atoms with Crippen molar-refractivity contribution in [3.05, 3.63) is 12.2 Å². The quantitative estimate of drug-likeness (QED) is 0.619. The van der Waals surface area contributed by atoms with Gasteiger partial charge in [-0.2, -0.15) is 0 Å². The molecule has 0 aromatic carbocycles. The fourth-order valence-electron chi connectivity index (χ4n) is 1.57. The van der Waals surface area contributed by atoms with E-state index in [0.29, 0.717) is 0 Å². The Hall–Kier alpha value is -0.300. The van der Waals surface area contributed by atoms with Crippen LogP contribution in [0.1, 0.15) is 39.0 Å². The third-order valence-electron chi connectivity index (χ3n) is 2.37. The molecule has 0 saturated carbocycles. The van der Waals surface area contributed by atoms with Gasteiger partial charge in [-0.05, 0) is 25.2 Å². The van der Waals surface area contributed by atoms with Gasteiger partial charge in [-0.15, -0.1) is 0 Å². The van der Waals surface area contributed by atoms with Crippen molar-refractivity contribution in [1.82, 2.24) is 0 Å². The molecule has 0 aromatic heterocycles. The van der Waals surface area contributed by atoms with Crippen molar-refractivity contribution in [3.8, 4) is 0 Å². The minimum atomic E-state index is -0.159. The van der Waals surface area contributed by atoms with Gasteiger partial charge in [0.2, 0.25) is 0 Å². The fourth-order valence-corrected chi connectivity index (χ4v) is 1.57. The summed E-state index contributed by atoms with van der Waals surface area (Å²) in [5.74, 6) is 0.748. The van der Waals surface area contributed by atoms with Crippen LogP contribution in [0.5, 0.6) is 0 Å². The predicted octanol–water partition coefficient (Wildman–Crippen LogP) is 2.50. The number of hydrogen-bond donors (Lipinski definition) is 1. The number of unbranched alkanes of at least 4 members (excludes halogenated alkanes) is 1. The highest BCUT2D eigenvalue weighted by Gasteiger charge is 2.12. The highest BCUT2D eigenvalue weighted by atomic mass is 16.3. The van der Waals surface area contributed by atoms with Gasteiger partial charge < -0.3 is 5.11 Å². The van der Waals surface area contributed by atoms with Crippen LogP contribution in [0, 0.1) is 5.92 Å². The van der Waals surface area contributed by atoms with E-state index in [2.05, 4.69) is 13.0 Å². The Morgan fingerprint density at radius 2 is 2.18 bits per heavy atom. The van der Waals surface area contributed by atoms with Crippen molar-refractivity contribution in [1.29, 1.82) is 0 Å². The van der Waals surface area contributed by atoms with E-state index in [1.54, 1.807) is 0 Å². The zero-order valence-electron chi connectivity index (χ0n) is 7.29. The lowest BCUT2D eigenvalue weighted by atomic mass is 9.90. The molecule has 0 saturated heterocycles. The normalized spacial score (nSPS) is 30.7. The zero-order chi connectivity index (χ0) is 8.10. The molecule has 11 heavy (non-hydrogen) atoms. The van der Waals surface area contributed by atoms with Crippen LogP contribution in [0.4, 0.5) is 0 Å². The first-order chi connectivity index (χ1) is 5.33. The zero-order valence-corrected chi connectivity index (χ0v) is 7.29. The molecule has 2 atom stereocenters. The molecule has 0 spiro atoms. The maximum Gasteiger partial charge on any atom is 0.0721 e. The summed E-state index contributed by atoms with van der Waals surface area (Å²) in [6, 6.07) is 0. The summed E-state index contributed by atoms with van der Waals surface area (Å²) in [5.41, 5.74) is 0. The lowest BCUT2D eigenvalue weighted by Gasteiger charge is -2.18. The molecule has 0 radical (unpaired) electrons. The fraction of sp³-hybridized carbons (Fsp3) is 0.800. The first kappa shape index (κ1) is 8.79. The van der Waals surface area contributed by atoms with E-state index >= 15 is 0 Å². The Morgan fingerprint density at radius 3 is 2.73 bits per heavy atom. The van der Waals surface area contributed by atoms with Gasteiger partial charge in [-0.3, -0.25) is 0 Å². The van der Waals surface area contributed by atoms with Crippen LogP contribution in [0.2, 0.25) is 0 Å². The minimum Gasteiger partial charge on any atom is -0.389 e. The Bertz CT molecular complexity index is 129. The number of aliphatic hydroxyl groups is 1. The van der Waals surface area contributed by atoms with Crippen molar-refractivity contribution in [2.45, 2.75) is 45.1 Å². The van der Waals surface area contributed by atoms with Crippen molar-refractivity contribution in [3.63, 3.8) is 0 Å². The third kappa shape index (κ3) is 3.06. The smallest absolute Gasteiger partial charge is 0.0721 e. The Labute approximate surface area is 69.1 Å².